The van der Waals surface area contributed by atoms with Gasteiger partial charge in [-0.3, -0.25) is 4.99 Å². The molecule has 3 heterocycles. The smallest absolute Gasteiger partial charge is 0.231 e. The molecule has 4 nitrogen and oxygen atoms in total. The summed E-state index contributed by atoms with van der Waals surface area (Å²) in [5.41, 5.74) is 1.10. The largest absolute Gasteiger partial charge is 0.454 e. The maximum atomic E-state index is 5.42. The van der Waals surface area contributed by atoms with Crippen molar-refractivity contribution in [2.24, 2.45) is 10.9 Å². The van der Waals surface area contributed by atoms with E-state index < -0.39 is 0 Å². The van der Waals surface area contributed by atoms with Crippen LogP contribution in [0.4, 0.5) is 0 Å². The fourth-order valence-electron chi connectivity index (χ4n) is 4.08. The first-order chi connectivity index (χ1) is 10.9. The molecular formula is C18H24N2O2. The molecule has 22 heavy (non-hydrogen) atoms. The van der Waals surface area contributed by atoms with E-state index in [9.17, 15) is 0 Å². The number of hydrogen-bond acceptors (Lipinski definition) is 4. The number of nitrogens with zero attached hydrogens (tertiary/aromatic N) is 2. The van der Waals surface area contributed by atoms with Crippen molar-refractivity contribution in [2.75, 3.05) is 26.4 Å². The standard InChI is InChI=1S/C18H24N2O2/c1-2-8-20-9-3-4-15(16(20)5-1)12-19-11-14-6-7-17-18(10-14)22-13-21-17/h6-7,10-11,15-16H,1-5,8-9,12-13H2. The first-order valence-electron chi connectivity index (χ1n) is 8.54. The quantitative estimate of drug-likeness (QED) is 0.804. The van der Waals surface area contributed by atoms with Gasteiger partial charge in [-0.25, -0.2) is 0 Å². The fraction of sp³-hybridized carbons (Fsp3) is 0.611. The van der Waals surface area contributed by atoms with Crippen molar-refractivity contribution in [3.8, 4) is 11.5 Å². The van der Waals surface area contributed by atoms with Gasteiger partial charge in [0.15, 0.2) is 11.5 Å². The van der Waals surface area contributed by atoms with Crippen LogP contribution in [-0.4, -0.2) is 43.6 Å². The monoisotopic (exact) mass is 300 g/mol. The molecule has 0 aromatic heterocycles. The number of benzene rings is 1. The molecule has 1 aromatic rings. The Kier molecular flexibility index (Phi) is 4.02. The van der Waals surface area contributed by atoms with E-state index in [0.717, 1.165) is 35.6 Å². The second-order valence-corrected chi connectivity index (χ2v) is 6.61. The summed E-state index contributed by atoms with van der Waals surface area (Å²) in [6.45, 7) is 3.88. The lowest BCUT2D eigenvalue weighted by atomic mass is 9.83. The maximum absolute atomic E-state index is 5.42. The molecule has 2 fully saturated rings. The topological polar surface area (TPSA) is 34.1 Å². The van der Waals surface area contributed by atoms with E-state index in [1.807, 2.05) is 24.4 Å². The summed E-state index contributed by atoms with van der Waals surface area (Å²) in [5, 5.41) is 0. The Labute approximate surface area is 132 Å². The van der Waals surface area contributed by atoms with E-state index in [-0.39, 0.29) is 0 Å². The highest BCUT2D eigenvalue weighted by molar-refractivity contribution is 5.81. The minimum atomic E-state index is 0.329. The molecule has 0 amide bonds. The van der Waals surface area contributed by atoms with E-state index >= 15 is 0 Å². The fourth-order valence-corrected chi connectivity index (χ4v) is 4.08. The molecule has 0 radical (unpaired) electrons. The molecule has 0 saturated carbocycles. The molecule has 1 aromatic carbocycles. The molecule has 2 saturated heterocycles. The Balaban J connectivity index is 1.39. The summed E-state index contributed by atoms with van der Waals surface area (Å²) in [6, 6.07) is 6.80. The Morgan fingerprint density at radius 2 is 2.00 bits per heavy atom. The molecule has 2 unspecified atom stereocenters. The lowest BCUT2D eigenvalue weighted by Crippen LogP contribution is -2.48. The van der Waals surface area contributed by atoms with Gasteiger partial charge >= 0.3 is 0 Å². The number of piperidine rings is 2. The van der Waals surface area contributed by atoms with Crippen LogP contribution >= 0.6 is 0 Å². The van der Waals surface area contributed by atoms with Crippen molar-refractivity contribution in [3.05, 3.63) is 23.8 Å². The lowest BCUT2D eigenvalue weighted by Gasteiger charge is -2.43. The number of ether oxygens (including phenoxy) is 2. The van der Waals surface area contributed by atoms with Crippen molar-refractivity contribution in [3.63, 3.8) is 0 Å². The Morgan fingerprint density at radius 1 is 1.09 bits per heavy atom. The van der Waals surface area contributed by atoms with Gasteiger partial charge < -0.3 is 14.4 Å². The highest BCUT2D eigenvalue weighted by Crippen LogP contribution is 2.33. The molecule has 2 atom stereocenters. The number of aliphatic imine (C=N–C) groups is 1. The van der Waals surface area contributed by atoms with E-state index in [1.165, 1.54) is 45.2 Å². The molecule has 3 aliphatic rings. The van der Waals surface area contributed by atoms with E-state index in [1.54, 1.807) is 0 Å². The lowest BCUT2D eigenvalue weighted by molar-refractivity contribution is 0.0635. The highest BCUT2D eigenvalue weighted by atomic mass is 16.7. The highest BCUT2D eigenvalue weighted by Gasteiger charge is 2.32. The van der Waals surface area contributed by atoms with Crippen molar-refractivity contribution in [2.45, 2.75) is 38.1 Å². The van der Waals surface area contributed by atoms with Crippen LogP contribution in [0.15, 0.2) is 23.2 Å². The summed E-state index contributed by atoms with van der Waals surface area (Å²) in [7, 11) is 0. The van der Waals surface area contributed by atoms with Crippen molar-refractivity contribution < 1.29 is 9.47 Å². The normalized spacial score (nSPS) is 28.0. The molecule has 0 aliphatic carbocycles. The van der Waals surface area contributed by atoms with Crippen molar-refractivity contribution in [1.82, 2.24) is 4.90 Å². The summed E-state index contributed by atoms with van der Waals surface area (Å²) < 4.78 is 10.8. The number of rotatable bonds is 3. The zero-order valence-corrected chi connectivity index (χ0v) is 13.0. The summed E-state index contributed by atoms with van der Waals surface area (Å²) in [6.07, 6.45) is 8.79. The maximum Gasteiger partial charge on any atom is 0.231 e. The first kappa shape index (κ1) is 14.1. The molecule has 118 valence electrons. The Bertz CT molecular complexity index is 556. The van der Waals surface area contributed by atoms with Gasteiger partial charge in [-0.1, -0.05) is 6.42 Å². The van der Waals surface area contributed by atoms with Crippen molar-refractivity contribution >= 4 is 6.21 Å². The second kappa shape index (κ2) is 6.29. The van der Waals surface area contributed by atoms with E-state index in [4.69, 9.17) is 14.5 Å². The summed E-state index contributed by atoms with van der Waals surface area (Å²) in [4.78, 5) is 7.44. The number of fused-ring (bicyclic) bond motifs is 2. The van der Waals surface area contributed by atoms with Crippen LogP contribution in [0, 0.1) is 5.92 Å². The van der Waals surface area contributed by atoms with Crippen LogP contribution in [0.3, 0.4) is 0 Å². The third-order valence-electron chi connectivity index (χ3n) is 5.21. The Morgan fingerprint density at radius 3 is 3.00 bits per heavy atom. The average molecular weight is 300 g/mol. The van der Waals surface area contributed by atoms with Gasteiger partial charge in [0, 0.05) is 18.8 Å². The molecular weight excluding hydrogens is 276 g/mol. The van der Waals surface area contributed by atoms with Gasteiger partial charge in [0.25, 0.3) is 0 Å². The molecule has 4 rings (SSSR count). The van der Waals surface area contributed by atoms with Gasteiger partial charge in [-0.15, -0.1) is 0 Å². The Hall–Kier alpha value is -1.55. The molecule has 0 spiro atoms. The van der Waals surface area contributed by atoms with Crippen LogP contribution in [0.2, 0.25) is 0 Å². The second-order valence-electron chi connectivity index (χ2n) is 6.61. The zero-order chi connectivity index (χ0) is 14.8. The van der Waals surface area contributed by atoms with Gasteiger partial charge in [0.05, 0.1) is 0 Å². The first-order valence-corrected chi connectivity index (χ1v) is 8.54. The minimum absolute atomic E-state index is 0.329. The molecule has 4 heteroatoms. The van der Waals surface area contributed by atoms with Crippen LogP contribution in [0.25, 0.3) is 0 Å². The van der Waals surface area contributed by atoms with E-state index in [2.05, 4.69) is 4.90 Å². The predicted octanol–water partition coefficient (Wildman–Crippen LogP) is 3.10. The zero-order valence-electron chi connectivity index (χ0n) is 13.0. The van der Waals surface area contributed by atoms with Crippen molar-refractivity contribution in [1.29, 1.82) is 0 Å². The van der Waals surface area contributed by atoms with Crippen LogP contribution in [0.5, 0.6) is 11.5 Å². The number of hydrogen-bond donors (Lipinski definition) is 0. The van der Waals surface area contributed by atoms with Gasteiger partial charge in [-0.05, 0) is 68.5 Å². The van der Waals surface area contributed by atoms with Gasteiger partial charge in [-0.2, -0.15) is 0 Å². The molecule has 3 aliphatic heterocycles. The molecule has 0 bridgehead atoms. The average Bonchev–Trinajstić information content (AvgIpc) is 3.03. The summed E-state index contributed by atoms with van der Waals surface area (Å²) >= 11 is 0. The third-order valence-corrected chi connectivity index (χ3v) is 5.21. The SMILES string of the molecule is C(=NCC1CCCN2CCCCC12)c1ccc2c(c1)OCO2. The van der Waals surface area contributed by atoms with Crippen LogP contribution < -0.4 is 9.47 Å². The van der Waals surface area contributed by atoms with Gasteiger partial charge in [0.1, 0.15) is 0 Å². The summed E-state index contributed by atoms with van der Waals surface area (Å²) in [5.74, 6) is 2.40. The molecule has 0 N–H and O–H groups in total. The van der Waals surface area contributed by atoms with E-state index in [0.29, 0.717) is 6.79 Å². The van der Waals surface area contributed by atoms with Crippen LogP contribution in [0.1, 0.15) is 37.7 Å². The predicted molar refractivity (Wildman–Crippen MR) is 87.0 cm³/mol. The minimum Gasteiger partial charge on any atom is -0.454 e. The van der Waals surface area contributed by atoms with Gasteiger partial charge in [0.2, 0.25) is 6.79 Å². The van der Waals surface area contributed by atoms with Crippen LogP contribution in [-0.2, 0) is 0 Å². The third kappa shape index (κ3) is 2.84.